The third kappa shape index (κ3) is 70.9. The Morgan fingerprint density at radius 2 is 0.526 bits per heavy atom. The van der Waals surface area contributed by atoms with Crippen LogP contribution in [0, 0.1) is 17.8 Å². The van der Waals surface area contributed by atoms with E-state index in [1.54, 1.807) is 0 Å². The van der Waals surface area contributed by atoms with E-state index in [1.165, 1.54) is 212 Å². The molecule has 0 fully saturated rings. The maximum atomic E-state index is 13.1. The van der Waals surface area contributed by atoms with Crippen molar-refractivity contribution in [2.45, 2.75) is 420 Å². The Morgan fingerprint density at radius 1 is 0.299 bits per heavy atom. The van der Waals surface area contributed by atoms with E-state index >= 15 is 0 Å². The van der Waals surface area contributed by atoms with Crippen molar-refractivity contribution < 1.29 is 80.2 Å². The Morgan fingerprint density at radius 3 is 0.784 bits per heavy atom. The van der Waals surface area contributed by atoms with Gasteiger partial charge in [0.2, 0.25) is 0 Å². The van der Waals surface area contributed by atoms with Crippen molar-refractivity contribution in [3.05, 3.63) is 0 Å². The van der Waals surface area contributed by atoms with Gasteiger partial charge in [-0.05, 0) is 43.4 Å². The fraction of sp³-hybridized carbons (Fsp3) is 0.949. The van der Waals surface area contributed by atoms with Gasteiger partial charge in [-0.15, -0.1) is 0 Å². The van der Waals surface area contributed by atoms with Crippen LogP contribution in [0.1, 0.15) is 402 Å². The Kier molecular flexibility index (Phi) is 67.1. The molecule has 0 heterocycles. The summed E-state index contributed by atoms with van der Waals surface area (Å²) in [4.78, 5) is 72.9. The first-order valence-electron chi connectivity index (χ1n) is 40.4. The van der Waals surface area contributed by atoms with Gasteiger partial charge in [-0.2, -0.15) is 0 Å². The van der Waals surface area contributed by atoms with Gasteiger partial charge in [-0.1, -0.05) is 350 Å². The van der Waals surface area contributed by atoms with Crippen LogP contribution in [0.4, 0.5) is 0 Å². The number of hydrogen-bond acceptors (Lipinski definition) is 15. The Balaban J connectivity index is 5.26. The number of phosphoric ester groups is 2. The van der Waals surface area contributed by atoms with Crippen LogP contribution in [-0.4, -0.2) is 96.7 Å². The predicted molar refractivity (Wildman–Crippen MR) is 395 cm³/mol. The smallest absolute Gasteiger partial charge is 0.462 e. The first-order valence-corrected chi connectivity index (χ1v) is 43.4. The summed E-state index contributed by atoms with van der Waals surface area (Å²) in [5.74, 6) is 0.218. The highest BCUT2D eigenvalue weighted by molar-refractivity contribution is 7.47. The Labute approximate surface area is 594 Å². The lowest BCUT2D eigenvalue weighted by Gasteiger charge is -2.21. The number of esters is 4. The fourth-order valence-electron chi connectivity index (χ4n) is 11.9. The summed E-state index contributed by atoms with van der Waals surface area (Å²) in [6.07, 6.45) is 55.3. The highest BCUT2D eigenvalue weighted by atomic mass is 31.2. The molecule has 0 bridgehead atoms. The molecular weight excluding hydrogens is 1270 g/mol. The minimum Gasteiger partial charge on any atom is -0.462 e. The third-order valence-corrected chi connectivity index (χ3v) is 20.4. The quantitative estimate of drug-likeness (QED) is 0.0222. The lowest BCUT2D eigenvalue weighted by atomic mass is 9.99. The zero-order valence-electron chi connectivity index (χ0n) is 63.5. The lowest BCUT2D eigenvalue weighted by molar-refractivity contribution is -0.161. The molecule has 0 aliphatic carbocycles. The van der Waals surface area contributed by atoms with Gasteiger partial charge < -0.3 is 33.8 Å². The van der Waals surface area contributed by atoms with E-state index in [0.717, 1.165) is 108 Å². The van der Waals surface area contributed by atoms with Crippen molar-refractivity contribution in [1.29, 1.82) is 0 Å². The summed E-state index contributed by atoms with van der Waals surface area (Å²) < 4.78 is 68.6. The van der Waals surface area contributed by atoms with E-state index in [4.69, 9.17) is 37.0 Å². The second kappa shape index (κ2) is 68.5. The van der Waals surface area contributed by atoms with E-state index in [2.05, 4.69) is 48.5 Å². The molecule has 3 unspecified atom stereocenters. The van der Waals surface area contributed by atoms with Crippen LogP contribution < -0.4 is 0 Å². The Bertz CT molecular complexity index is 1890. The van der Waals surface area contributed by atoms with Gasteiger partial charge in [0.05, 0.1) is 26.4 Å². The molecule has 576 valence electrons. The van der Waals surface area contributed by atoms with Gasteiger partial charge in [0, 0.05) is 25.7 Å². The predicted octanol–water partition coefficient (Wildman–Crippen LogP) is 23.0. The topological polar surface area (TPSA) is 237 Å². The molecule has 0 aromatic rings. The Hall–Kier alpha value is -1.94. The normalized spacial score (nSPS) is 14.3. The molecule has 0 spiro atoms. The van der Waals surface area contributed by atoms with E-state index in [0.29, 0.717) is 25.7 Å². The van der Waals surface area contributed by atoms with Crippen LogP contribution in [0.3, 0.4) is 0 Å². The molecule has 0 aliphatic heterocycles. The molecule has 0 aliphatic rings. The average molecular weight is 1420 g/mol. The molecule has 0 saturated heterocycles. The van der Waals surface area contributed by atoms with Crippen LogP contribution in [0.15, 0.2) is 0 Å². The molecule has 6 atom stereocenters. The zero-order chi connectivity index (χ0) is 71.6. The molecule has 0 saturated carbocycles. The SMILES string of the molecule is CCCCCCCCCCCCCCCCC(=O)OC[C@H](COP(=O)(O)OC[C@@H](O)COP(=O)(O)OC[C@@H](COC(=O)CCCCCCCCCCC(C)CC)OC(=O)CCCCCCCCCCCCC(C)C)OC(=O)CCCCCCCCCCCCCCCCCC(C)C. The first-order chi connectivity index (χ1) is 46.8. The summed E-state index contributed by atoms with van der Waals surface area (Å²) in [5.41, 5.74) is 0. The maximum absolute atomic E-state index is 13.1. The van der Waals surface area contributed by atoms with E-state index < -0.39 is 97.5 Å². The largest absolute Gasteiger partial charge is 0.472 e. The molecule has 0 amide bonds. The van der Waals surface area contributed by atoms with Gasteiger partial charge in [0.25, 0.3) is 0 Å². The molecule has 0 radical (unpaired) electrons. The highest BCUT2D eigenvalue weighted by Crippen LogP contribution is 2.45. The molecule has 0 rings (SSSR count). The number of carbonyl (C=O) groups excluding carboxylic acids is 4. The molecule has 19 heteroatoms. The molecule has 0 aromatic heterocycles. The van der Waals surface area contributed by atoms with Crippen molar-refractivity contribution in [3.8, 4) is 0 Å². The van der Waals surface area contributed by atoms with Gasteiger partial charge in [-0.25, -0.2) is 9.13 Å². The van der Waals surface area contributed by atoms with Crippen LogP contribution in [0.25, 0.3) is 0 Å². The standard InChI is InChI=1S/C78H152O17P2/c1-8-10-11-12-13-14-15-16-21-24-30-38-45-52-59-75(80)88-65-73(94-77(82)61-54-47-40-31-25-22-19-17-18-20-23-28-35-42-49-56-69(3)4)67-92-96(84,85)90-63-72(79)64-91-97(86,87)93-68-74(66-89-76(81)60-53-46-39-34-33-37-44-51-58-71(7)9-2)95-78(83)62-55-48-41-32-27-26-29-36-43-50-57-70(5)6/h69-74,79H,8-68H2,1-7H3,(H,84,85)(H,86,87)/t71?,72-,73-,74-/m1/s1. The lowest BCUT2D eigenvalue weighted by Crippen LogP contribution is -2.30. The van der Waals surface area contributed by atoms with Crippen molar-refractivity contribution in [2.24, 2.45) is 17.8 Å². The molecule has 97 heavy (non-hydrogen) atoms. The van der Waals surface area contributed by atoms with Crippen molar-refractivity contribution in [3.63, 3.8) is 0 Å². The monoisotopic (exact) mass is 1420 g/mol. The van der Waals surface area contributed by atoms with Gasteiger partial charge in [0.1, 0.15) is 19.3 Å². The number of phosphoric acid groups is 2. The number of unbranched alkanes of at least 4 members (excludes halogenated alkanes) is 43. The van der Waals surface area contributed by atoms with E-state index in [-0.39, 0.29) is 25.7 Å². The number of ether oxygens (including phenoxy) is 4. The van der Waals surface area contributed by atoms with Crippen molar-refractivity contribution in [2.75, 3.05) is 39.6 Å². The van der Waals surface area contributed by atoms with E-state index in [9.17, 15) is 43.2 Å². The third-order valence-electron chi connectivity index (χ3n) is 18.5. The summed E-state index contributed by atoms with van der Waals surface area (Å²) in [6.45, 7) is 11.9. The number of aliphatic hydroxyl groups is 1. The fourth-order valence-corrected chi connectivity index (χ4v) is 13.5. The second-order valence-corrected chi connectivity index (χ2v) is 32.2. The van der Waals surface area contributed by atoms with Crippen LogP contribution >= 0.6 is 15.6 Å². The van der Waals surface area contributed by atoms with Gasteiger partial charge >= 0.3 is 39.5 Å². The van der Waals surface area contributed by atoms with Crippen molar-refractivity contribution in [1.82, 2.24) is 0 Å². The number of rotatable bonds is 76. The summed E-state index contributed by atoms with van der Waals surface area (Å²) >= 11 is 0. The number of hydrogen-bond donors (Lipinski definition) is 3. The minimum atomic E-state index is -4.96. The average Bonchev–Trinajstić information content (AvgIpc) is 1.25. The van der Waals surface area contributed by atoms with Crippen LogP contribution in [-0.2, 0) is 65.4 Å². The van der Waals surface area contributed by atoms with Gasteiger partial charge in [0.15, 0.2) is 12.2 Å². The molecule has 0 aromatic carbocycles. The number of aliphatic hydroxyl groups excluding tert-OH is 1. The summed E-state index contributed by atoms with van der Waals surface area (Å²) in [6, 6.07) is 0. The highest BCUT2D eigenvalue weighted by Gasteiger charge is 2.30. The minimum absolute atomic E-state index is 0.105. The van der Waals surface area contributed by atoms with Crippen molar-refractivity contribution >= 4 is 39.5 Å². The summed E-state index contributed by atoms with van der Waals surface area (Å²) in [5, 5.41) is 10.6. The maximum Gasteiger partial charge on any atom is 0.472 e. The molecule has 3 N–H and O–H groups in total. The second-order valence-electron chi connectivity index (χ2n) is 29.3. The first kappa shape index (κ1) is 95.1. The van der Waals surface area contributed by atoms with E-state index in [1.807, 2.05) is 0 Å². The van der Waals surface area contributed by atoms with Crippen LogP contribution in [0.5, 0.6) is 0 Å². The van der Waals surface area contributed by atoms with Gasteiger partial charge in [-0.3, -0.25) is 37.3 Å². The molecule has 17 nitrogen and oxygen atoms in total. The van der Waals surface area contributed by atoms with Crippen LogP contribution in [0.2, 0.25) is 0 Å². The molecular formula is C78H152O17P2. The number of carbonyl (C=O) groups is 4. The zero-order valence-corrected chi connectivity index (χ0v) is 65.3. The summed E-state index contributed by atoms with van der Waals surface area (Å²) in [7, 11) is -9.92.